The van der Waals surface area contributed by atoms with Gasteiger partial charge in [-0.25, -0.2) is 4.98 Å². The lowest BCUT2D eigenvalue weighted by atomic mass is 9.81. The second-order valence-electron chi connectivity index (χ2n) is 8.56. The number of likely N-dealkylation sites (N-methyl/N-ethyl adjacent to an activating group) is 1. The van der Waals surface area contributed by atoms with Gasteiger partial charge in [-0.1, -0.05) is 32.3 Å². The van der Waals surface area contributed by atoms with Crippen molar-refractivity contribution in [3.8, 4) is 0 Å². The number of aromatic nitrogens is 1. The molecule has 1 aliphatic carbocycles. The van der Waals surface area contributed by atoms with Crippen LogP contribution in [0.15, 0.2) is 23.3 Å². The van der Waals surface area contributed by atoms with E-state index in [1.807, 2.05) is 19.3 Å². The van der Waals surface area contributed by atoms with Crippen molar-refractivity contribution < 1.29 is 0 Å². The summed E-state index contributed by atoms with van der Waals surface area (Å²) in [7, 11) is 4.03. The second-order valence-corrected chi connectivity index (χ2v) is 8.56. The highest BCUT2D eigenvalue weighted by Gasteiger charge is 2.19. The molecular weight excluding hydrogens is 475 g/mol. The van der Waals surface area contributed by atoms with Crippen molar-refractivity contribution in [1.82, 2.24) is 20.5 Å². The van der Waals surface area contributed by atoms with E-state index in [9.17, 15) is 0 Å². The number of anilines is 1. The fourth-order valence-corrected chi connectivity index (χ4v) is 4.49. The molecule has 0 spiro atoms. The Morgan fingerprint density at radius 2 is 2.00 bits per heavy atom. The lowest BCUT2D eigenvalue weighted by Gasteiger charge is -2.34. The van der Waals surface area contributed by atoms with Crippen LogP contribution in [-0.2, 0) is 6.54 Å². The number of nitrogens with zero attached hydrogens (tertiary/aromatic N) is 4. The number of hydrogen-bond acceptors (Lipinski definition) is 4. The molecular formula is C22H39IN6. The first kappa shape index (κ1) is 24.2. The van der Waals surface area contributed by atoms with Gasteiger partial charge in [0.05, 0.1) is 0 Å². The summed E-state index contributed by atoms with van der Waals surface area (Å²) in [4.78, 5) is 13.8. The fraction of sp³-hybridized carbons (Fsp3) is 0.727. The molecule has 1 saturated heterocycles. The Balaban J connectivity index is 0.00000300. The Hall–Kier alpha value is -1.09. The van der Waals surface area contributed by atoms with Crippen LogP contribution in [0.3, 0.4) is 0 Å². The van der Waals surface area contributed by atoms with Crippen LogP contribution in [0, 0.1) is 11.8 Å². The molecule has 1 aromatic rings. The lowest BCUT2D eigenvalue weighted by molar-refractivity contribution is 0.270. The molecule has 6 nitrogen and oxygen atoms in total. The van der Waals surface area contributed by atoms with Crippen LogP contribution in [0.25, 0.3) is 0 Å². The van der Waals surface area contributed by atoms with Crippen molar-refractivity contribution in [1.29, 1.82) is 0 Å². The van der Waals surface area contributed by atoms with Crippen molar-refractivity contribution in [2.45, 2.75) is 45.6 Å². The van der Waals surface area contributed by atoms with Gasteiger partial charge in [-0.2, -0.15) is 0 Å². The number of piperazine rings is 1. The van der Waals surface area contributed by atoms with Crippen LogP contribution in [0.4, 0.5) is 5.82 Å². The molecule has 2 N–H and O–H groups in total. The van der Waals surface area contributed by atoms with E-state index in [1.54, 1.807) is 0 Å². The average molecular weight is 515 g/mol. The van der Waals surface area contributed by atoms with Crippen LogP contribution in [0.1, 0.15) is 44.6 Å². The van der Waals surface area contributed by atoms with Gasteiger partial charge in [-0.15, -0.1) is 24.0 Å². The number of halogens is 1. The SMILES string of the molecule is CN=C(NCCC1CCCC(C)C1)NCc1cccnc1N1CCN(C)CC1.I. The number of nitrogens with one attached hydrogen (secondary N) is 2. The van der Waals surface area contributed by atoms with Gasteiger partial charge in [0.2, 0.25) is 0 Å². The smallest absolute Gasteiger partial charge is 0.191 e. The zero-order chi connectivity index (χ0) is 19.8. The third-order valence-corrected chi connectivity index (χ3v) is 6.23. The van der Waals surface area contributed by atoms with E-state index in [0.717, 1.165) is 62.9 Å². The summed E-state index contributed by atoms with van der Waals surface area (Å²) >= 11 is 0. The molecule has 2 aliphatic rings. The summed E-state index contributed by atoms with van der Waals surface area (Å²) in [6, 6.07) is 4.20. The minimum absolute atomic E-state index is 0. The third-order valence-electron chi connectivity index (χ3n) is 6.23. The number of guanidine groups is 1. The van der Waals surface area contributed by atoms with Crippen molar-refractivity contribution >= 4 is 35.8 Å². The van der Waals surface area contributed by atoms with Crippen LogP contribution < -0.4 is 15.5 Å². The minimum Gasteiger partial charge on any atom is -0.356 e. The molecule has 2 unspecified atom stereocenters. The molecule has 0 radical (unpaired) electrons. The van der Waals surface area contributed by atoms with E-state index in [4.69, 9.17) is 0 Å². The first-order valence-corrected chi connectivity index (χ1v) is 11.0. The monoisotopic (exact) mass is 514 g/mol. The highest BCUT2D eigenvalue weighted by molar-refractivity contribution is 14.0. The van der Waals surface area contributed by atoms with Crippen LogP contribution >= 0.6 is 24.0 Å². The largest absolute Gasteiger partial charge is 0.356 e. The summed E-state index contributed by atoms with van der Waals surface area (Å²) in [6.45, 7) is 8.39. The Labute approximate surface area is 194 Å². The number of rotatable bonds is 6. The van der Waals surface area contributed by atoms with Gasteiger partial charge in [0, 0.05) is 58.1 Å². The van der Waals surface area contributed by atoms with Crippen LogP contribution in [-0.4, -0.2) is 62.7 Å². The Morgan fingerprint density at radius 3 is 2.72 bits per heavy atom. The maximum Gasteiger partial charge on any atom is 0.191 e. The first-order chi connectivity index (χ1) is 13.7. The quantitative estimate of drug-likeness (QED) is 0.347. The van der Waals surface area contributed by atoms with Crippen molar-refractivity contribution in [2.24, 2.45) is 16.8 Å². The van der Waals surface area contributed by atoms with Crippen molar-refractivity contribution in [3.63, 3.8) is 0 Å². The van der Waals surface area contributed by atoms with Crippen LogP contribution in [0.2, 0.25) is 0 Å². The standard InChI is InChI=1S/C22H38N6.HI/c1-18-6-4-7-19(16-18)9-11-25-22(23-2)26-17-20-8-5-10-24-21(20)28-14-12-27(3)13-15-28;/h5,8,10,18-19H,4,6-7,9,11-17H2,1-3H3,(H2,23,25,26);1H. The van der Waals surface area contributed by atoms with Gasteiger partial charge in [-0.3, -0.25) is 4.99 Å². The summed E-state index contributed by atoms with van der Waals surface area (Å²) < 4.78 is 0. The van der Waals surface area contributed by atoms with E-state index >= 15 is 0 Å². The molecule has 0 bridgehead atoms. The van der Waals surface area contributed by atoms with Crippen molar-refractivity contribution in [2.75, 3.05) is 51.7 Å². The summed E-state index contributed by atoms with van der Waals surface area (Å²) in [5.74, 6) is 3.76. The lowest BCUT2D eigenvalue weighted by Crippen LogP contribution is -2.45. The van der Waals surface area contributed by atoms with Crippen LogP contribution in [0.5, 0.6) is 0 Å². The molecule has 2 atom stereocenters. The highest BCUT2D eigenvalue weighted by atomic mass is 127. The molecule has 1 aromatic heterocycles. The van der Waals surface area contributed by atoms with E-state index in [2.05, 4.69) is 50.4 Å². The van der Waals surface area contributed by atoms with Gasteiger partial charge in [0.1, 0.15) is 5.82 Å². The van der Waals surface area contributed by atoms with E-state index < -0.39 is 0 Å². The van der Waals surface area contributed by atoms with Gasteiger partial charge in [0.15, 0.2) is 5.96 Å². The summed E-state index contributed by atoms with van der Waals surface area (Å²) in [5, 5.41) is 6.99. The molecule has 1 saturated carbocycles. The van der Waals surface area contributed by atoms with E-state index in [1.165, 1.54) is 37.7 Å². The highest BCUT2D eigenvalue weighted by Crippen LogP contribution is 2.30. The maximum absolute atomic E-state index is 4.67. The number of hydrogen-bond donors (Lipinski definition) is 2. The maximum atomic E-state index is 4.67. The second kappa shape index (κ2) is 12.6. The van der Waals surface area contributed by atoms with Gasteiger partial charge < -0.3 is 20.4 Å². The topological polar surface area (TPSA) is 55.8 Å². The molecule has 0 aromatic carbocycles. The third kappa shape index (κ3) is 7.59. The summed E-state index contributed by atoms with van der Waals surface area (Å²) in [5.41, 5.74) is 1.23. The Morgan fingerprint density at radius 1 is 1.21 bits per heavy atom. The average Bonchev–Trinajstić information content (AvgIpc) is 2.71. The van der Waals surface area contributed by atoms with E-state index in [-0.39, 0.29) is 24.0 Å². The minimum atomic E-state index is 0. The predicted octanol–water partition coefficient (Wildman–Crippen LogP) is 3.33. The molecule has 3 rings (SSSR count). The first-order valence-electron chi connectivity index (χ1n) is 11.0. The molecule has 2 heterocycles. The number of pyridine rings is 1. The van der Waals surface area contributed by atoms with Gasteiger partial charge in [0.25, 0.3) is 0 Å². The normalized spacial score (nSPS) is 23.4. The Bertz CT molecular complexity index is 629. The fourth-order valence-electron chi connectivity index (χ4n) is 4.49. The molecule has 7 heteroatoms. The van der Waals surface area contributed by atoms with Gasteiger partial charge in [-0.05, 0) is 37.8 Å². The molecule has 29 heavy (non-hydrogen) atoms. The summed E-state index contributed by atoms with van der Waals surface area (Å²) in [6.07, 6.45) is 8.72. The van der Waals surface area contributed by atoms with Crippen molar-refractivity contribution in [3.05, 3.63) is 23.9 Å². The number of aliphatic imine (C=N–C) groups is 1. The zero-order valence-corrected chi connectivity index (χ0v) is 20.7. The Kier molecular flexibility index (Phi) is 10.5. The molecule has 164 valence electrons. The van der Waals surface area contributed by atoms with Gasteiger partial charge >= 0.3 is 0 Å². The molecule has 1 aliphatic heterocycles. The predicted molar refractivity (Wildman–Crippen MR) is 133 cm³/mol. The molecule has 2 fully saturated rings. The molecule has 0 amide bonds. The zero-order valence-electron chi connectivity index (χ0n) is 18.4. The van der Waals surface area contributed by atoms with E-state index in [0.29, 0.717) is 0 Å².